The molecule has 0 amide bonds. The number of ether oxygens (including phenoxy) is 2. The van der Waals surface area contributed by atoms with Crippen LogP contribution in [0.2, 0.25) is 0 Å². The van der Waals surface area contributed by atoms with Gasteiger partial charge in [-0.2, -0.15) is 4.98 Å². The van der Waals surface area contributed by atoms with Crippen molar-refractivity contribution in [3.63, 3.8) is 0 Å². The molecule has 2 atom stereocenters. The summed E-state index contributed by atoms with van der Waals surface area (Å²) in [6.45, 7) is 1.58. The highest BCUT2D eigenvalue weighted by Crippen LogP contribution is 2.20. The van der Waals surface area contributed by atoms with Crippen molar-refractivity contribution in [2.75, 3.05) is 18.9 Å². The molecule has 0 radical (unpaired) electrons. The number of nitrogens with two attached hydrogens (primary N) is 1. The van der Waals surface area contributed by atoms with Crippen LogP contribution >= 0.6 is 0 Å². The molecule has 0 aliphatic carbocycles. The topological polar surface area (TPSA) is 123 Å². The van der Waals surface area contributed by atoms with Gasteiger partial charge in [-0.3, -0.25) is 10.1 Å². The van der Waals surface area contributed by atoms with E-state index in [0.29, 0.717) is 13.0 Å². The molecule has 0 spiro atoms. The fraction of sp³-hybridized carbons (Fsp3) is 0.667. The van der Waals surface area contributed by atoms with Gasteiger partial charge in [0, 0.05) is 19.7 Å². The van der Waals surface area contributed by atoms with Gasteiger partial charge in [-0.15, -0.1) is 0 Å². The summed E-state index contributed by atoms with van der Waals surface area (Å²) in [5, 5.41) is 11.4. The third kappa shape index (κ3) is 3.37. The summed E-state index contributed by atoms with van der Waals surface area (Å²) in [7, 11) is 0. The zero-order chi connectivity index (χ0) is 15.5. The highest BCUT2D eigenvalue weighted by atomic mass is 16.7. The van der Waals surface area contributed by atoms with Crippen LogP contribution in [0.4, 0.5) is 5.82 Å². The minimum Gasteiger partial charge on any atom is -0.383 e. The van der Waals surface area contributed by atoms with Crippen molar-refractivity contribution in [1.82, 2.24) is 9.55 Å². The molecular formula is C12H18N4O5. The first kappa shape index (κ1) is 15.4. The van der Waals surface area contributed by atoms with Crippen LogP contribution < -0.4 is 11.4 Å². The predicted molar refractivity (Wildman–Crippen MR) is 73.1 cm³/mol. The van der Waals surface area contributed by atoms with E-state index in [4.69, 9.17) is 15.2 Å². The van der Waals surface area contributed by atoms with Crippen LogP contribution in [-0.2, 0) is 15.1 Å². The van der Waals surface area contributed by atoms with E-state index in [2.05, 4.69) is 4.98 Å². The van der Waals surface area contributed by atoms with Gasteiger partial charge in [0.1, 0.15) is 12.4 Å². The summed E-state index contributed by atoms with van der Waals surface area (Å²) in [5.74, 6) is 0.0125. The number of nitro groups is 1. The first-order valence-corrected chi connectivity index (χ1v) is 6.67. The molecule has 1 aromatic heterocycles. The van der Waals surface area contributed by atoms with Crippen LogP contribution in [0, 0.1) is 10.1 Å². The molecule has 2 rings (SSSR count). The molecule has 1 aliphatic rings. The molecule has 0 bridgehead atoms. The van der Waals surface area contributed by atoms with Crippen molar-refractivity contribution in [2.45, 2.75) is 38.1 Å². The Kier molecular flexibility index (Phi) is 4.53. The third-order valence-electron chi connectivity index (χ3n) is 3.42. The van der Waals surface area contributed by atoms with Gasteiger partial charge in [0.15, 0.2) is 6.29 Å². The van der Waals surface area contributed by atoms with E-state index in [1.807, 2.05) is 0 Å². The smallest absolute Gasteiger partial charge is 0.355 e. The first-order valence-electron chi connectivity index (χ1n) is 6.67. The second-order valence-corrected chi connectivity index (χ2v) is 5.09. The van der Waals surface area contributed by atoms with E-state index in [9.17, 15) is 14.9 Å². The summed E-state index contributed by atoms with van der Waals surface area (Å²) in [6.07, 6.45) is 3.36. The molecule has 21 heavy (non-hydrogen) atoms. The lowest BCUT2D eigenvalue weighted by Crippen LogP contribution is -2.49. The summed E-state index contributed by atoms with van der Waals surface area (Å²) < 4.78 is 11.7. The second-order valence-electron chi connectivity index (χ2n) is 5.09. The predicted octanol–water partition coefficient (Wildman–Crippen LogP) is 0.318. The third-order valence-corrected chi connectivity index (χ3v) is 3.42. The summed E-state index contributed by atoms with van der Waals surface area (Å²) in [6, 6.07) is 1.33. The Hall–Kier alpha value is -2.00. The largest absolute Gasteiger partial charge is 0.383 e. The number of rotatable bonds is 5. The maximum atomic E-state index is 11.8. The second kappa shape index (κ2) is 6.19. The summed E-state index contributed by atoms with van der Waals surface area (Å²) in [5.41, 5.74) is 2.84. The normalized spacial score (nSPS) is 21.7. The Bertz CT molecular complexity index is 569. The number of hydrogen-bond donors (Lipinski definition) is 1. The first-order chi connectivity index (χ1) is 9.93. The number of aromatic nitrogens is 2. The molecule has 9 heteroatoms. The van der Waals surface area contributed by atoms with E-state index in [1.54, 1.807) is 0 Å². The fourth-order valence-corrected chi connectivity index (χ4v) is 2.09. The highest BCUT2D eigenvalue weighted by Gasteiger charge is 2.42. The van der Waals surface area contributed by atoms with Gasteiger partial charge < -0.3 is 15.2 Å². The molecule has 2 heterocycles. The minimum absolute atomic E-state index is 0.0125. The van der Waals surface area contributed by atoms with Crippen molar-refractivity contribution in [1.29, 1.82) is 0 Å². The number of hydrogen-bond acceptors (Lipinski definition) is 7. The standard InChI is InChI=1S/C12H18N4O5/c1-12(16(18)19,8-21-10-4-2-3-7-20-10)15-6-5-9(13)14-11(15)17/h5-6,10H,2-4,7-8H2,1H3,(H2,13,14,17). The molecule has 9 nitrogen and oxygen atoms in total. The minimum atomic E-state index is -1.77. The maximum absolute atomic E-state index is 11.8. The Balaban J connectivity index is 2.19. The van der Waals surface area contributed by atoms with Crippen LogP contribution in [0.3, 0.4) is 0 Å². The van der Waals surface area contributed by atoms with E-state index in [1.165, 1.54) is 19.2 Å². The molecule has 2 unspecified atom stereocenters. The van der Waals surface area contributed by atoms with Gasteiger partial charge in [-0.1, -0.05) is 0 Å². The lowest BCUT2D eigenvalue weighted by molar-refractivity contribution is -0.603. The Morgan fingerprint density at radius 1 is 1.67 bits per heavy atom. The summed E-state index contributed by atoms with van der Waals surface area (Å²) in [4.78, 5) is 26.2. The molecule has 116 valence electrons. The highest BCUT2D eigenvalue weighted by molar-refractivity contribution is 5.23. The molecule has 0 saturated carbocycles. The van der Waals surface area contributed by atoms with Gasteiger partial charge in [-0.05, 0) is 25.3 Å². The lowest BCUT2D eigenvalue weighted by Gasteiger charge is -2.27. The van der Waals surface area contributed by atoms with Crippen LogP contribution in [0.5, 0.6) is 0 Å². The lowest BCUT2D eigenvalue weighted by atomic mass is 10.2. The Labute approximate surface area is 120 Å². The van der Waals surface area contributed by atoms with E-state index in [-0.39, 0.29) is 12.4 Å². The van der Waals surface area contributed by atoms with Crippen molar-refractivity contribution in [3.8, 4) is 0 Å². The number of nitrogen functional groups attached to an aromatic ring is 1. The van der Waals surface area contributed by atoms with Crippen molar-refractivity contribution >= 4 is 5.82 Å². The quantitative estimate of drug-likeness (QED) is 0.613. The van der Waals surface area contributed by atoms with Crippen molar-refractivity contribution in [3.05, 3.63) is 32.9 Å². The summed E-state index contributed by atoms with van der Waals surface area (Å²) >= 11 is 0. The van der Waals surface area contributed by atoms with Crippen LogP contribution in [0.1, 0.15) is 26.2 Å². The Morgan fingerprint density at radius 3 is 3.00 bits per heavy atom. The van der Waals surface area contributed by atoms with Crippen molar-refractivity contribution in [2.24, 2.45) is 0 Å². The van der Waals surface area contributed by atoms with Crippen molar-refractivity contribution < 1.29 is 14.4 Å². The van der Waals surface area contributed by atoms with E-state index in [0.717, 1.165) is 17.4 Å². The fourth-order valence-electron chi connectivity index (χ4n) is 2.09. The van der Waals surface area contributed by atoms with E-state index >= 15 is 0 Å². The van der Waals surface area contributed by atoms with Gasteiger partial charge in [0.05, 0.1) is 4.92 Å². The molecule has 2 N–H and O–H groups in total. The van der Waals surface area contributed by atoms with Crippen LogP contribution in [-0.4, -0.2) is 34.0 Å². The average molecular weight is 298 g/mol. The number of nitrogens with zero attached hydrogens (tertiary/aromatic N) is 3. The zero-order valence-electron chi connectivity index (χ0n) is 11.7. The maximum Gasteiger partial charge on any atom is 0.355 e. The Morgan fingerprint density at radius 2 is 2.43 bits per heavy atom. The van der Waals surface area contributed by atoms with Crippen LogP contribution in [0.25, 0.3) is 0 Å². The molecule has 1 aromatic rings. The molecule has 1 aliphatic heterocycles. The number of anilines is 1. The van der Waals surface area contributed by atoms with Gasteiger partial charge in [0.25, 0.3) is 0 Å². The monoisotopic (exact) mass is 298 g/mol. The molecule has 0 aromatic carbocycles. The van der Waals surface area contributed by atoms with Gasteiger partial charge in [0.2, 0.25) is 0 Å². The SMILES string of the molecule is CC(COC1CCCCO1)(n1ccc(N)nc1=O)[N+](=O)[O-]. The van der Waals surface area contributed by atoms with Crippen LogP contribution in [0.15, 0.2) is 17.1 Å². The molecule has 1 saturated heterocycles. The average Bonchev–Trinajstić information content (AvgIpc) is 2.45. The van der Waals surface area contributed by atoms with Gasteiger partial charge in [-0.25, -0.2) is 9.36 Å². The molecule has 1 fully saturated rings. The van der Waals surface area contributed by atoms with Gasteiger partial charge >= 0.3 is 11.4 Å². The van der Waals surface area contributed by atoms with E-state index < -0.39 is 22.6 Å². The zero-order valence-corrected chi connectivity index (χ0v) is 11.7. The molecular weight excluding hydrogens is 280 g/mol.